The molecule has 1 aromatic heterocycles. The molecule has 1 N–H and O–H groups in total. The smallest absolute Gasteiger partial charge is 0.410 e. The Kier molecular flexibility index (Phi) is 4.39. The molecule has 7 heteroatoms. The van der Waals surface area contributed by atoms with E-state index in [2.05, 4.69) is 43.8 Å². The molecule has 0 radical (unpaired) electrons. The number of H-pyrrole nitrogens is 1. The average molecular weight is 428 g/mol. The summed E-state index contributed by atoms with van der Waals surface area (Å²) in [6.07, 6.45) is -0.228. The third-order valence-electron chi connectivity index (χ3n) is 3.80. The zero-order chi connectivity index (χ0) is 16.6. The normalized spacial score (nSPS) is 16.0. The Morgan fingerprint density at radius 1 is 1.26 bits per heavy atom. The molecule has 23 heavy (non-hydrogen) atoms. The third-order valence-corrected chi connectivity index (χ3v) is 4.58. The maximum atomic E-state index is 12.2. The minimum Gasteiger partial charge on any atom is -0.444 e. The number of ether oxygens (including phenoxy) is 1. The SMILES string of the molecule is CC(C)(C)OC(=O)N1CCN(c2cccc3[nH]nc(I)c23)CC1. The molecule has 2 aromatic rings. The van der Waals surface area contributed by atoms with E-state index in [-0.39, 0.29) is 6.09 Å². The van der Waals surface area contributed by atoms with Gasteiger partial charge < -0.3 is 14.5 Å². The van der Waals surface area contributed by atoms with Crippen LogP contribution in [0.15, 0.2) is 18.2 Å². The van der Waals surface area contributed by atoms with E-state index in [4.69, 9.17) is 4.74 Å². The van der Waals surface area contributed by atoms with Gasteiger partial charge in [0.1, 0.15) is 9.30 Å². The van der Waals surface area contributed by atoms with Crippen LogP contribution >= 0.6 is 22.6 Å². The summed E-state index contributed by atoms with van der Waals surface area (Å²) < 4.78 is 6.42. The summed E-state index contributed by atoms with van der Waals surface area (Å²) in [7, 11) is 0. The van der Waals surface area contributed by atoms with E-state index < -0.39 is 5.60 Å². The number of aromatic nitrogens is 2. The van der Waals surface area contributed by atoms with E-state index >= 15 is 0 Å². The maximum Gasteiger partial charge on any atom is 0.410 e. The molecule has 1 aliphatic rings. The van der Waals surface area contributed by atoms with Crippen LogP contribution in [0.25, 0.3) is 10.9 Å². The van der Waals surface area contributed by atoms with Crippen LogP contribution in [0.1, 0.15) is 20.8 Å². The Morgan fingerprint density at radius 3 is 2.61 bits per heavy atom. The van der Waals surface area contributed by atoms with Gasteiger partial charge in [-0.25, -0.2) is 4.79 Å². The van der Waals surface area contributed by atoms with Crippen molar-refractivity contribution in [1.29, 1.82) is 0 Å². The second-order valence-electron chi connectivity index (χ2n) is 6.67. The molecule has 0 unspecified atom stereocenters. The molecule has 0 bridgehead atoms. The Morgan fingerprint density at radius 2 is 1.96 bits per heavy atom. The summed E-state index contributed by atoms with van der Waals surface area (Å²) >= 11 is 2.25. The van der Waals surface area contributed by atoms with Gasteiger partial charge in [0.25, 0.3) is 0 Å². The summed E-state index contributed by atoms with van der Waals surface area (Å²) in [5.41, 5.74) is 1.76. The van der Waals surface area contributed by atoms with E-state index in [9.17, 15) is 4.79 Å². The standard InChI is InChI=1S/C16H21IN4O2/c1-16(2,3)23-15(22)21-9-7-20(8-10-21)12-6-4-5-11-13(12)14(17)19-18-11/h4-6H,7-10H2,1-3H3,(H,18,19). The predicted molar refractivity (Wildman–Crippen MR) is 98.8 cm³/mol. The van der Waals surface area contributed by atoms with Crippen LogP contribution in [0.5, 0.6) is 0 Å². The van der Waals surface area contributed by atoms with Crippen molar-refractivity contribution in [2.24, 2.45) is 0 Å². The minimum atomic E-state index is -0.452. The highest BCUT2D eigenvalue weighted by atomic mass is 127. The van der Waals surface area contributed by atoms with E-state index in [1.54, 1.807) is 4.90 Å². The predicted octanol–water partition coefficient (Wildman–Crippen LogP) is 3.22. The lowest BCUT2D eigenvalue weighted by molar-refractivity contribution is 0.0241. The van der Waals surface area contributed by atoms with E-state index in [0.29, 0.717) is 13.1 Å². The van der Waals surface area contributed by atoms with Gasteiger partial charge in [0.05, 0.1) is 10.9 Å². The van der Waals surface area contributed by atoms with Gasteiger partial charge in [0, 0.05) is 31.9 Å². The van der Waals surface area contributed by atoms with Gasteiger partial charge in [-0.2, -0.15) is 5.10 Å². The number of nitrogens with zero attached hydrogens (tertiary/aromatic N) is 3. The van der Waals surface area contributed by atoms with Crippen molar-refractivity contribution >= 4 is 45.3 Å². The first kappa shape index (κ1) is 16.4. The number of hydrogen-bond acceptors (Lipinski definition) is 4. The summed E-state index contributed by atoms with van der Waals surface area (Å²) in [6.45, 7) is 8.59. The molecular weight excluding hydrogens is 407 g/mol. The number of nitrogens with one attached hydrogen (secondary N) is 1. The highest BCUT2D eigenvalue weighted by molar-refractivity contribution is 14.1. The Hall–Kier alpha value is -1.51. The van der Waals surface area contributed by atoms with Crippen molar-refractivity contribution in [3.63, 3.8) is 0 Å². The molecule has 1 aliphatic heterocycles. The van der Waals surface area contributed by atoms with Crippen LogP contribution in [-0.2, 0) is 4.74 Å². The van der Waals surface area contributed by atoms with Crippen LogP contribution in [0.4, 0.5) is 10.5 Å². The van der Waals surface area contributed by atoms with Crippen LogP contribution < -0.4 is 4.90 Å². The number of amides is 1. The summed E-state index contributed by atoms with van der Waals surface area (Å²) in [5, 5.41) is 8.49. The zero-order valence-corrected chi connectivity index (χ0v) is 15.8. The third kappa shape index (κ3) is 3.54. The molecule has 1 aromatic carbocycles. The van der Waals surface area contributed by atoms with E-state index in [0.717, 1.165) is 27.7 Å². The van der Waals surface area contributed by atoms with E-state index in [1.165, 1.54) is 5.69 Å². The number of anilines is 1. The molecule has 0 aliphatic carbocycles. The lowest BCUT2D eigenvalue weighted by Crippen LogP contribution is -2.50. The highest BCUT2D eigenvalue weighted by Crippen LogP contribution is 2.30. The Labute approximate surface area is 149 Å². The van der Waals surface area contributed by atoms with Gasteiger partial charge in [-0.05, 0) is 55.5 Å². The van der Waals surface area contributed by atoms with Gasteiger partial charge >= 0.3 is 6.09 Å². The molecule has 3 rings (SSSR count). The molecule has 6 nitrogen and oxygen atoms in total. The first-order valence-corrected chi connectivity index (χ1v) is 8.78. The Bertz CT molecular complexity index is 714. The molecule has 0 saturated carbocycles. The second-order valence-corrected chi connectivity index (χ2v) is 7.69. The molecule has 1 amide bonds. The monoisotopic (exact) mass is 428 g/mol. The van der Waals surface area contributed by atoms with Crippen molar-refractivity contribution < 1.29 is 9.53 Å². The summed E-state index contributed by atoms with van der Waals surface area (Å²) in [6, 6.07) is 6.18. The lowest BCUT2D eigenvalue weighted by atomic mass is 10.2. The molecule has 0 atom stereocenters. The van der Waals surface area contributed by atoms with Gasteiger partial charge in [0.2, 0.25) is 0 Å². The maximum absolute atomic E-state index is 12.2. The number of aromatic amines is 1. The zero-order valence-electron chi connectivity index (χ0n) is 13.6. The quantitative estimate of drug-likeness (QED) is 0.709. The average Bonchev–Trinajstić information content (AvgIpc) is 2.87. The van der Waals surface area contributed by atoms with Crippen molar-refractivity contribution in [2.45, 2.75) is 26.4 Å². The molecule has 124 valence electrons. The summed E-state index contributed by atoms with van der Waals surface area (Å²) in [4.78, 5) is 16.2. The van der Waals surface area contributed by atoms with Crippen LogP contribution in [-0.4, -0.2) is 53.0 Å². The number of piperazine rings is 1. The molecule has 1 saturated heterocycles. The number of halogens is 1. The molecule has 0 spiro atoms. The van der Waals surface area contributed by atoms with Gasteiger partial charge in [-0.1, -0.05) is 6.07 Å². The van der Waals surface area contributed by atoms with Crippen molar-refractivity contribution in [1.82, 2.24) is 15.1 Å². The van der Waals surface area contributed by atoms with Crippen molar-refractivity contribution in [2.75, 3.05) is 31.1 Å². The number of benzene rings is 1. The number of hydrogen-bond donors (Lipinski definition) is 1. The van der Waals surface area contributed by atoms with Crippen LogP contribution in [0.2, 0.25) is 0 Å². The van der Waals surface area contributed by atoms with Crippen molar-refractivity contribution in [3.8, 4) is 0 Å². The van der Waals surface area contributed by atoms with Crippen molar-refractivity contribution in [3.05, 3.63) is 21.9 Å². The number of carbonyl (C=O) groups is 1. The van der Waals surface area contributed by atoms with Gasteiger partial charge in [0.15, 0.2) is 0 Å². The first-order chi connectivity index (χ1) is 10.8. The van der Waals surface area contributed by atoms with Gasteiger partial charge in [-0.15, -0.1) is 0 Å². The number of rotatable bonds is 1. The second kappa shape index (κ2) is 6.18. The largest absolute Gasteiger partial charge is 0.444 e. The highest BCUT2D eigenvalue weighted by Gasteiger charge is 2.26. The molecule has 1 fully saturated rings. The van der Waals surface area contributed by atoms with E-state index in [1.807, 2.05) is 32.9 Å². The Balaban J connectivity index is 1.71. The molecular formula is C16H21IN4O2. The fourth-order valence-corrected chi connectivity index (χ4v) is 3.42. The minimum absolute atomic E-state index is 0.228. The fourth-order valence-electron chi connectivity index (χ4n) is 2.74. The first-order valence-electron chi connectivity index (χ1n) is 7.70. The summed E-state index contributed by atoms with van der Waals surface area (Å²) in [5.74, 6) is 0. The lowest BCUT2D eigenvalue weighted by Gasteiger charge is -2.37. The fraction of sp³-hybridized carbons (Fsp3) is 0.500. The number of fused-ring (bicyclic) bond motifs is 1. The van der Waals surface area contributed by atoms with Crippen LogP contribution in [0.3, 0.4) is 0 Å². The van der Waals surface area contributed by atoms with Gasteiger partial charge in [-0.3, -0.25) is 5.10 Å². The van der Waals surface area contributed by atoms with Crippen LogP contribution in [0, 0.1) is 3.70 Å². The number of carbonyl (C=O) groups excluding carboxylic acids is 1. The molecule has 2 heterocycles. The topological polar surface area (TPSA) is 61.5 Å².